The van der Waals surface area contributed by atoms with Crippen molar-refractivity contribution in [2.75, 3.05) is 26.9 Å². The first kappa shape index (κ1) is 20.1. The number of nitrogens with one attached hydrogen (secondary N) is 1. The zero-order chi connectivity index (χ0) is 19.8. The van der Waals surface area contributed by atoms with Crippen molar-refractivity contribution in [3.63, 3.8) is 0 Å². The number of benzene rings is 2. The summed E-state index contributed by atoms with van der Waals surface area (Å²) in [5, 5.41) is 3.04. The maximum Gasteiger partial charge on any atom is 0.226 e. The lowest BCUT2D eigenvalue weighted by Gasteiger charge is -2.25. The molecule has 1 aliphatic rings. The maximum absolute atomic E-state index is 12.5. The van der Waals surface area contributed by atoms with Gasteiger partial charge < -0.3 is 19.5 Å². The van der Waals surface area contributed by atoms with E-state index in [2.05, 4.69) is 24.4 Å². The highest BCUT2D eigenvalue weighted by Gasteiger charge is 2.26. The molecule has 0 fully saturated rings. The number of carbonyl (C=O) groups is 1. The Hall–Kier alpha value is -2.69. The fourth-order valence-corrected chi connectivity index (χ4v) is 3.23. The van der Waals surface area contributed by atoms with Crippen molar-refractivity contribution in [1.82, 2.24) is 5.32 Å². The molecule has 3 rings (SSSR count). The van der Waals surface area contributed by atoms with Crippen molar-refractivity contribution in [3.8, 4) is 17.2 Å². The van der Waals surface area contributed by atoms with E-state index in [9.17, 15) is 4.79 Å². The molecule has 28 heavy (non-hydrogen) atoms. The summed E-state index contributed by atoms with van der Waals surface area (Å²) in [6.07, 6.45) is 3.65. The first-order chi connectivity index (χ1) is 13.7. The van der Waals surface area contributed by atoms with Gasteiger partial charge in [0.05, 0.1) is 19.6 Å². The number of methoxy groups -OCH3 is 1. The van der Waals surface area contributed by atoms with Gasteiger partial charge in [-0.3, -0.25) is 4.79 Å². The number of carbonyl (C=O) groups excluding carboxylic acids is 1. The Morgan fingerprint density at radius 2 is 1.96 bits per heavy atom. The molecule has 0 radical (unpaired) electrons. The van der Waals surface area contributed by atoms with Crippen LogP contribution in [0.15, 0.2) is 42.5 Å². The second kappa shape index (κ2) is 10.0. The van der Waals surface area contributed by atoms with Crippen LogP contribution in [0.25, 0.3) is 0 Å². The minimum Gasteiger partial charge on any atom is -0.497 e. The van der Waals surface area contributed by atoms with Crippen LogP contribution >= 0.6 is 0 Å². The zero-order valence-corrected chi connectivity index (χ0v) is 16.7. The molecule has 0 saturated carbocycles. The predicted molar refractivity (Wildman–Crippen MR) is 109 cm³/mol. The molecule has 1 amide bonds. The average Bonchev–Trinajstić information content (AvgIpc) is 2.74. The second-order valence-electron chi connectivity index (χ2n) is 7.07. The van der Waals surface area contributed by atoms with E-state index in [0.717, 1.165) is 48.7 Å². The number of unbranched alkanes of at least 4 members (excludes halogenated alkanes) is 1. The number of amides is 1. The van der Waals surface area contributed by atoms with Gasteiger partial charge in [-0.1, -0.05) is 25.5 Å². The van der Waals surface area contributed by atoms with Crippen LogP contribution in [0.5, 0.6) is 17.2 Å². The summed E-state index contributed by atoms with van der Waals surface area (Å²) in [6.45, 7) is 3.92. The minimum absolute atomic E-state index is 0.0352. The van der Waals surface area contributed by atoms with E-state index in [0.29, 0.717) is 19.6 Å². The van der Waals surface area contributed by atoms with Crippen molar-refractivity contribution in [3.05, 3.63) is 53.6 Å². The van der Waals surface area contributed by atoms with Gasteiger partial charge in [-0.2, -0.15) is 0 Å². The van der Waals surface area contributed by atoms with Crippen LogP contribution < -0.4 is 19.5 Å². The third kappa shape index (κ3) is 5.41. The van der Waals surface area contributed by atoms with E-state index in [1.807, 2.05) is 30.3 Å². The van der Waals surface area contributed by atoms with Crippen LogP contribution in [0, 0.1) is 5.92 Å². The molecular weight excluding hydrogens is 354 g/mol. The molecule has 2 aromatic carbocycles. The van der Waals surface area contributed by atoms with Gasteiger partial charge in [-0.05, 0) is 60.7 Å². The topological polar surface area (TPSA) is 56.8 Å². The highest BCUT2D eigenvalue weighted by Crippen LogP contribution is 2.30. The van der Waals surface area contributed by atoms with Crippen LogP contribution in [0.3, 0.4) is 0 Å². The molecule has 1 N–H and O–H groups in total. The third-order valence-corrected chi connectivity index (χ3v) is 4.95. The Balaban J connectivity index is 1.44. The summed E-state index contributed by atoms with van der Waals surface area (Å²) >= 11 is 0. The van der Waals surface area contributed by atoms with Gasteiger partial charge in [-0.25, -0.2) is 0 Å². The monoisotopic (exact) mass is 383 g/mol. The summed E-state index contributed by atoms with van der Waals surface area (Å²) in [7, 11) is 1.64. The van der Waals surface area contributed by atoms with Crippen LogP contribution in [-0.2, 0) is 17.6 Å². The second-order valence-corrected chi connectivity index (χ2v) is 7.07. The van der Waals surface area contributed by atoms with E-state index >= 15 is 0 Å². The van der Waals surface area contributed by atoms with Crippen LogP contribution in [0.1, 0.15) is 30.9 Å². The van der Waals surface area contributed by atoms with Gasteiger partial charge in [0.15, 0.2) is 0 Å². The van der Waals surface area contributed by atoms with E-state index in [4.69, 9.17) is 14.2 Å². The summed E-state index contributed by atoms with van der Waals surface area (Å²) in [5.41, 5.74) is 2.20. The van der Waals surface area contributed by atoms with Crippen molar-refractivity contribution in [2.24, 2.45) is 5.92 Å². The molecule has 1 heterocycles. The third-order valence-electron chi connectivity index (χ3n) is 4.95. The predicted octanol–water partition coefficient (Wildman–Crippen LogP) is 3.78. The number of rotatable bonds is 9. The molecule has 0 spiro atoms. The van der Waals surface area contributed by atoms with E-state index in [1.165, 1.54) is 5.56 Å². The van der Waals surface area contributed by atoms with Gasteiger partial charge in [-0.15, -0.1) is 0 Å². The summed E-state index contributed by atoms with van der Waals surface area (Å²) in [6, 6.07) is 13.8. The Bertz CT molecular complexity index is 773. The van der Waals surface area contributed by atoms with Gasteiger partial charge in [0.1, 0.15) is 23.9 Å². The molecule has 0 saturated heterocycles. The highest BCUT2D eigenvalue weighted by molar-refractivity contribution is 5.79. The first-order valence-electron chi connectivity index (χ1n) is 9.98. The van der Waals surface area contributed by atoms with Crippen molar-refractivity contribution in [2.45, 2.75) is 32.6 Å². The van der Waals surface area contributed by atoms with E-state index < -0.39 is 0 Å². The minimum atomic E-state index is -0.172. The largest absolute Gasteiger partial charge is 0.497 e. The van der Waals surface area contributed by atoms with Crippen molar-refractivity contribution in [1.29, 1.82) is 0 Å². The number of hydrogen-bond acceptors (Lipinski definition) is 4. The lowest BCUT2D eigenvalue weighted by Crippen LogP contribution is -2.38. The zero-order valence-electron chi connectivity index (χ0n) is 16.7. The van der Waals surface area contributed by atoms with Gasteiger partial charge in [0, 0.05) is 6.54 Å². The number of fused-ring (bicyclic) bond motifs is 1. The summed E-state index contributed by atoms with van der Waals surface area (Å²) in [4.78, 5) is 12.5. The average molecular weight is 383 g/mol. The fraction of sp³-hybridized carbons (Fsp3) is 0.435. The standard InChI is InChI=1S/C23H29NO4/c1-3-4-13-27-20-7-5-17(6-8-20)11-12-24-23(25)19-14-18-15-21(26-2)9-10-22(18)28-16-19/h5-10,15,19H,3-4,11-14,16H2,1-2H3,(H,24,25). The Morgan fingerprint density at radius 3 is 2.71 bits per heavy atom. The molecule has 150 valence electrons. The van der Waals surface area contributed by atoms with Gasteiger partial charge in [0.25, 0.3) is 0 Å². The van der Waals surface area contributed by atoms with E-state index in [1.54, 1.807) is 7.11 Å². The smallest absolute Gasteiger partial charge is 0.226 e. The Kier molecular flexibility index (Phi) is 7.18. The molecule has 5 heteroatoms. The molecule has 0 bridgehead atoms. The quantitative estimate of drug-likeness (QED) is 0.670. The number of ether oxygens (including phenoxy) is 3. The van der Waals surface area contributed by atoms with Crippen LogP contribution in [-0.4, -0.2) is 32.8 Å². The molecule has 5 nitrogen and oxygen atoms in total. The lowest BCUT2D eigenvalue weighted by atomic mass is 9.95. The first-order valence-corrected chi connectivity index (χ1v) is 9.98. The lowest BCUT2D eigenvalue weighted by molar-refractivity contribution is -0.126. The van der Waals surface area contributed by atoms with Crippen molar-refractivity contribution >= 4 is 5.91 Å². The Morgan fingerprint density at radius 1 is 1.18 bits per heavy atom. The van der Waals surface area contributed by atoms with Gasteiger partial charge in [0.2, 0.25) is 5.91 Å². The summed E-state index contributed by atoms with van der Waals surface area (Å²) in [5.74, 6) is 2.38. The molecule has 0 aliphatic carbocycles. The fourth-order valence-electron chi connectivity index (χ4n) is 3.23. The summed E-state index contributed by atoms with van der Waals surface area (Å²) < 4.78 is 16.7. The van der Waals surface area contributed by atoms with Crippen LogP contribution in [0.4, 0.5) is 0 Å². The normalized spacial score (nSPS) is 15.3. The van der Waals surface area contributed by atoms with Crippen molar-refractivity contribution < 1.29 is 19.0 Å². The van der Waals surface area contributed by atoms with E-state index in [-0.39, 0.29) is 11.8 Å². The molecule has 0 aromatic heterocycles. The molecular formula is C23H29NO4. The highest BCUT2D eigenvalue weighted by atomic mass is 16.5. The Labute approximate surface area is 167 Å². The molecule has 1 atom stereocenters. The SMILES string of the molecule is CCCCOc1ccc(CCNC(=O)C2COc3ccc(OC)cc3C2)cc1. The molecule has 1 aliphatic heterocycles. The van der Waals surface area contributed by atoms with Gasteiger partial charge >= 0.3 is 0 Å². The number of hydrogen-bond donors (Lipinski definition) is 1. The molecule has 1 unspecified atom stereocenters. The maximum atomic E-state index is 12.5. The van der Waals surface area contributed by atoms with Crippen LogP contribution in [0.2, 0.25) is 0 Å². The molecule has 2 aromatic rings.